The Morgan fingerprint density at radius 1 is 1.04 bits per heavy atom. The summed E-state index contributed by atoms with van der Waals surface area (Å²) in [5.74, 6) is 0.713. The van der Waals surface area contributed by atoms with Gasteiger partial charge in [-0.3, -0.25) is 4.79 Å². The third-order valence-corrected chi connectivity index (χ3v) is 6.43. The minimum atomic E-state index is -0.793. The van der Waals surface area contributed by atoms with Crippen LogP contribution in [0.5, 0.6) is 0 Å². The summed E-state index contributed by atoms with van der Waals surface area (Å²) < 4.78 is 5.00. The van der Waals surface area contributed by atoms with E-state index < -0.39 is 5.54 Å². The minimum absolute atomic E-state index is 0. The zero-order chi connectivity index (χ0) is 16.4. The summed E-state index contributed by atoms with van der Waals surface area (Å²) >= 11 is 0. The Bertz CT molecular complexity index is 451. The van der Waals surface area contributed by atoms with E-state index in [1.165, 1.54) is 13.5 Å². The van der Waals surface area contributed by atoms with Gasteiger partial charge in [-0.15, -0.1) is 12.4 Å². The van der Waals surface area contributed by atoms with E-state index in [1.807, 2.05) is 0 Å². The molecule has 3 N–H and O–H groups in total. The van der Waals surface area contributed by atoms with Crippen LogP contribution in [0, 0.1) is 17.8 Å². The highest BCUT2D eigenvalue weighted by atomic mass is 35.5. The smallest absolute Gasteiger partial charge is 0.331 e. The van der Waals surface area contributed by atoms with E-state index in [0.717, 1.165) is 44.9 Å². The van der Waals surface area contributed by atoms with Gasteiger partial charge in [-0.25, -0.2) is 4.79 Å². The van der Waals surface area contributed by atoms with E-state index in [0.29, 0.717) is 24.7 Å². The Labute approximate surface area is 150 Å². The van der Waals surface area contributed by atoms with E-state index in [4.69, 9.17) is 10.5 Å². The summed E-state index contributed by atoms with van der Waals surface area (Å²) in [5, 5.41) is 3.10. The molecule has 3 aliphatic carbocycles. The molecule has 3 aliphatic rings. The number of rotatable bonds is 3. The van der Waals surface area contributed by atoms with Crippen LogP contribution in [0.3, 0.4) is 0 Å². The molecule has 0 aromatic carbocycles. The maximum Gasteiger partial charge on any atom is 0.331 e. The van der Waals surface area contributed by atoms with Crippen LogP contribution in [0.2, 0.25) is 0 Å². The fraction of sp³-hybridized carbons (Fsp3) is 0.889. The molecule has 3 rings (SSSR count). The predicted molar refractivity (Wildman–Crippen MR) is 94.8 cm³/mol. The quantitative estimate of drug-likeness (QED) is 0.759. The molecular weight excluding hydrogens is 328 g/mol. The fourth-order valence-electron chi connectivity index (χ4n) is 5.07. The van der Waals surface area contributed by atoms with Crippen molar-refractivity contribution in [3.05, 3.63) is 0 Å². The summed E-state index contributed by atoms with van der Waals surface area (Å²) in [5.41, 5.74) is 5.53. The van der Waals surface area contributed by atoms with E-state index in [-0.39, 0.29) is 36.2 Å². The number of nitrogens with two attached hydrogens (primary N) is 1. The molecule has 24 heavy (non-hydrogen) atoms. The summed E-state index contributed by atoms with van der Waals surface area (Å²) in [7, 11) is 1.41. The van der Waals surface area contributed by atoms with Crippen molar-refractivity contribution < 1.29 is 14.3 Å². The maximum absolute atomic E-state index is 12.9. The average molecular weight is 359 g/mol. The third-order valence-electron chi connectivity index (χ3n) is 6.43. The van der Waals surface area contributed by atoms with Crippen molar-refractivity contribution in [1.29, 1.82) is 0 Å². The molecule has 1 amide bonds. The van der Waals surface area contributed by atoms with Gasteiger partial charge in [-0.05, 0) is 50.4 Å². The van der Waals surface area contributed by atoms with Gasteiger partial charge in [0.05, 0.1) is 7.11 Å². The van der Waals surface area contributed by atoms with Gasteiger partial charge in [0.15, 0.2) is 0 Å². The first-order valence-electron chi connectivity index (χ1n) is 9.22. The van der Waals surface area contributed by atoms with Crippen molar-refractivity contribution in [1.82, 2.24) is 5.32 Å². The van der Waals surface area contributed by atoms with Gasteiger partial charge in [0, 0.05) is 12.0 Å². The van der Waals surface area contributed by atoms with E-state index in [9.17, 15) is 9.59 Å². The zero-order valence-corrected chi connectivity index (χ0v) is 15.4. The lowest BCUT2D eigenvalue weighted by Gasteiger charge is -2.44. The molecule has 0 saturated heterocycles. The second-order valence-electron chi connectivity index (χ2n) is 7.82. The first-order valence-corrected chi connectivity index (χ1v) is 9.22. The van der Waals surface area contributed by atoms with Crippen molar-refractivity contribution in [3.63, 3.8) is 0 Å². The number of ether oxygens (including phenoxy) is 1. The Morgan fingerprint density at radius 3 is 2.17 bits per heavy atom. The Balaban J connectivity index is 0.00000208. The second-order valence-corrected chi connectivity index (χ2v) is 7.82. The summed E-state index contributed by atoms with van der Waals surface area (Å²) in [6, 6.07) is 0.261. The number of esters is 1. The topological polar surface area (TPSA) is 81.4 Å². The molecule has 0 aromatic heterocycles. The van der Waals surface area contributed by atoms with Crippen molar-refractivity contribution >= 4 is 24.3 Å². The molecule has 138 valence electrons. The number of amides is 1. The Morgan fingerprint density at radius 2 is 1.62 bits per heavy atom. The average Bonchev–Trinajstić information content (AvgIpc) is 2.54. The first-order chi connectivity index (χ1) is 11.1. The van der Waals surface area contributed by atoms with Crippen molar-refractivity contribution in [2.45, 2.75) is 75.8 Å². The molecule has 3 saturated carbocycles. The van der Waals surface area contributed by atoms with Gasteiger partial charge in [0.25, 0.3) is 0 Å². The van der Waals surface area contributed by atoms with Gasteiger partial charge in [-0.1, -0.05) is 25.7 Å². The standard InChI is InChI=1S/C18H30N2O3.ClH/c1-23-17(22)18(8-3-2-4-9-18)20-16(21)14-10-12-6-5-7-13(11-14)15(12)19;/h12-15H,2-11,19H2,1H3,(H,20,21);1H. The molecular formula is C18H31ClN2O3. The second kappa shape index (κ2) is 8.05. The lowest BCUT2D eigenvalue weighted by atomic mass is 9.64. The molecule has 0 aromatic rings. The lowest BCUT2D eigenvalue weighted by Crippen LogP contribution is -2.58. The van der Waals surface area contributed by atoms with E-state index >= 15 is 0 Å². The largest absolute Gasteiger partial charge is 0.467 e. The summed E-state index contributed by atoms with van der Waals surface area (Å²) in [6.07, 6.45) is 9.73. The molecule has 6 heteroatoms. The van der Waals surface area contributed by atoms with Gasteiger partial charge in [0.2, 0.25) is 5.91 Å². The third kappa shape index (κ3) is 3.72. The summed E-state index contributed by atoms with van der Waals surface area (Å²) in [4.78, 5) is 25.2. The van der Waals surface area contributed by atoms with Crippen LogP contribution in [0.15, 0.2) is 0 Å². The van der Waals surface area contributed by atoms with E-state index in [1.54, 1.807) is 0 Å². The predicted octanol–water partition coefficient (Wildman–Crippen LogP) is 2.55. The molecule has 2 bridgehead atoms. The zero-order valence-electron chi connectivity index (χ0n) is 14.6. The van der Waals surface area contributed by atoms with Crippen LogP contribution in [-0.2, 0) is 14.3 Å². The number of fused-ring (bicyclic) bond motifs is 2. The molecule has 0 aliphatic heterocycles. The van der Waals surface area contributed by atoms with Gasteiger partial charge in [-0.2, -0.15) is 0 Å². The van der Waals surface area contributed by atoms with Crippen molar-refractivity contribution in [2.24, 2.45) is 23.5 Å². The van der Waals surface area contributed by atoms with Crippen LogP contribution < -0.4 is 11.1 Å². The van der Waals surface area contributed by atoms with Crippen LogP contribution in [-0.4, -0.2) is 30.6 Å². The molecule has 0 heterocycles. The van der Waals surface area contributed by atoms with Crippen molar-refractivity contribution in [2.75, 3.05) is 7.11 Å². The number of hydrogen-bond acceptors (Lipinski definition) is 4. The maximum atomic E-state index is 12.9. The Kier molecular flexibility index (Phi) is 6.54. The normalized spacial score (nSPS) is 34.6. The number of carbonyl (C=O) groups excluding carboxylic acids is 2. The Hall–Kier alpha value is -0.810. The van der Waals surface area contributed by atoms with Crippen LogP contribution in [0.25, 0.3) is 0 Å². The fourth-order valence-corrected chi connectivity index (χ4v) is 5.07. The molecule has 0 spiro atoms. The number of methoxy groups -OCH3 is 1. The lowest BCUT2D eigenvalue weighted by molar-refractivity contribution is -0.153. The van der Waals surface area contributed by atoms with Crippen LogP contribution in [0.4, 0.5) is 0 Å². The van der Waals surface area contributed by atoms with Gasteiger partial charge in [0.1, 0.15) is 5.54 Å². The number of carbonyl (C=O) groups is 2. The monoisotopic (exact) mass is 358 g/mol. The highest BCUT2D eigenvalue weighted by Crippen LogP contribution is 2.42. The van der Waals surface area contributed by atoms with E-state index in [2.05, 4.69) is 5.32 Å². The van der Waals surface area contributed by atoms with Gasteiger partial charge < -0.3 is 15.8 Å². The van der Waals surface area contributed by atoms with Crippen molar-refractivity contribution in [3.8, 4) is 0 Å². The first kappa shape index (κ1) is 19.5. The molecule has 3 fully saturated rings. The van der Waals surface area contributed by atoms with Crippen LogP contribution in [0.1, 0.15) is 64.2 Å². The number of halogens is 1. The van der Waals surface area contributed by atoms with Gasteiger partial charge >= 0.3 is 5.97 Å². The molecule has 2 atom stereocenters. The number of hydrogen-bond donors (Lipinski definition) is 2. The molecule has 2 unspecified atom stereocenters. The number of nitrogens with one attached hydrogen (secondary N) is 1. The summed E-state index contributed by atoms with van der Waals surface area (Å²) in [6.45, 7) is 0. The SMILES string of the molecule is COC(=O)C1(NC(=O)C2CC3CCCC(C2)C3N)CCCCC1.Cl. The van der Waals surface area contributed by atoms with Crippen LogP contribution >= 0.6 is 12.4 Å². The molecule has 0 radical (unpaired) electrons. The highest BCUT2D eigenvalue weighted by Gasteiger charge is 2.45. The highest BCUT2D eigenvalue weighted by molar-refractivity contribution is 5.89. The minimum Gasteiger partial charge on any atom is -0.467 e. The molecule has 5 nitrogen and oxygen atoms in total.